The van der Waals surface area contributed by atoms with Gasteiger partial charge in [0.2, 0.25) is 0 Å². The van der Waals surface area contributed by atoms with Crippen molar-refractivity contribution in [2.75, 3.05) is 6.54 Å². The van der Waals surface area contributed by atoms with Gasteiger partial charge in [0.25, 0.3) is 5.91 Å². The highest BCUT2D eigenvalue weighted by atomic mass is 35.5. The molecule has 2 aromatic rings. The third-order valence-corrected chi connectivity index (χ3v) is 4.18. The molecule has 0 spiro atoms. The Morgan fingerprint density at radius 2 is 2.09 bits per heavy atom. The normalized spacial score (nSPS) is 17.5. The largest absolute Gasteiger partial charge is 0.480 e. The zero-order valence-corrected chi connectivity index (χ0v) is 13.1. The highest BCUT2D eigenvalue weighted by molar-refractivity contribution is 6.30. The molecule has 0 aromatic heterocycles. The Labute approximate surface area is 135 Å². The minimum Gasteiger partial charge on any atom is -0.480 e. The standard InChI is InChI=1S/C18H18ClNO2/c1-12(13-5-3-2-4-6-13)11-20-18(21)17-10-14-9-15(19)7-8-16(14)22-17/h2-9,12,17H,10-11H2,1H3,(H,20,21)/t12-,17-/m1/s1. The van der Waals surface area contributed by atoms with Gasteiger partial charge in [0.05, 0.1) is 0 Å². The molecule has 1 amide bonds. The van der Waals surface area contributed by atoms with Gasteiger partial charge in [-0.05, 0) is 35.2 Å². The van der Waals surface area contributed by atoms with Crippen molar-refractivity contribution in [1.82, 2.24) is 5.32 Å². The number of hydrogen-bond donors (Lipinski definition) is 1. The van der Waals surface area contributed by atoms with Crippen molar-refractivity contribution in [1.29, 1.82) is 0 Å². The van der Waals surface area contributed by atoms with Crippen LogP contribution in [0.4, 0.5) is 0 Å². The first-order valence-electron chi connectivity index (χ1n) is 7.41. The maximum atomic E-state index is 12.3. The van der Waals surface area contributed by atoms with Gasteiger partial charge in [0.15, 0.2) is 6.10 Å². The van der Waals surface area contributed by atoms with Crippen molar-refractivity contribution in [3.63, 3.8) is 0 Å². The molecule has 1 aliphatic heterocycles. The van der Waals surface area contributed by atoms with Crippen LogP contribution in [-0.4, -0.2) is 18.6 Å². The smallest absolute Gasteiger partial charge is 0.261 e. The van der Waals surface area contributed by atoms with Gasteiger partial charge in [-0.1, -0.05) is 48.9 Å². The lowest BCUT2D eigenvalue weighted by atomic mass is 10.0. The predicted molar refractivity (Wildman–Crippen MR) is 87.4 cm³/mol. The topological polar surface area (TPSA) is 38.3 Å². The molecule has 2 aromatic carbocycles. The van der Waals surface area contributed by atoms with E-state index >= 15 is 0 Å². The summed E-state index contributed by atoms with van der Waals surface area (Å²) in [5, 5.41) is 3.64. The van der Waals surface area contributed by atoms with E-state index in [1.165, 1.54) is 5.56 Å². The van der Waals surface area contributed by atoms with E-state index in [9.17, 15) is 4.79 Å². The SMILES string of the molecule is C[C@H](CNC(=O)[C@H]1Cc2cc(Cl)ccc2O1)c1ccccc1. The first kappa shape index (κ1) is 14.9. The van der Waals surface area contributed by atoms with Gasteiger partial charge in [-0.2, -0.15) is 0 Å². The molecule has 0 radical (unpaired) electrons. The molecule has 0 unspecified atom stereocenters. The van der Waals surface area contributed by atoms with Crippen molar-refractivity contribution < 1.29 is 9.53 Å². The average Bonchev–Trinajstić information content (AvgIpc) is 2.96. The fraction of sp³-hybridized carbons (Fsp3) is 0.278. The third-order valence-electron chi connectivity index (χ3n) is 3.94. The molecule has 1 N–H and O–H groups in total. The number of hydrogen-bond acceptors (Lipinski definition) is 2. The monoisotopic (exact) mass is 315 g/mol. The van der Waals surface area contributed by atoms with E-state index in [0.29, 0.717) is 18.0 Å². The van der Waals surface area contributed by atoms with Crippen molar-refractivity contribution in [3.8, 4) is 5.75 Å². The molecule has 4 heteroatoms. The van der Waals surface area contributed by atoms with Crippen LogP contribution in [0.2, 0.25) is 5.02 Å². The van der Waals surface area contributed by atoms with Crippen LogP contribution >= 0.6 is 11.6 Å². The highest BCUT2D eigenvalue weighted by Crippen LogP contribution is 2.31. The Bertz CT molecular complexity index is 672. The molecule has 1 heterocycles. The van der Waals surface area contributed by atoms with Gasteiger partial charge in [-0.25, -0.2) is 0 Å². The lowest BCUT2D eigenvalue weighted by Gasteiger charge is -2.15. The molecule has 2 atom stereocenters. The highest BCUT2D eigenvalue weighted by Gasteiger charge is 2.29. The van der Waals surface area contributed by atoms with Crippen LogP contribution in [0.5, 0.6) is 5.75 Å². The van der Waals surface area contributed by atoms with Crippen molar-refractivity contribution in [2.24, 2.45) is 0 Å². The minimum absolute atomic E-state index is 0.0740. The summed E-state index contributed by atoms with van der Waals surface area (Å²) in [7, 11) is 0. The van der Waals surface area contributed by atoms with Crippen LogP contribution in [-0.2, 0) is 11.2 Å². The summed E-state index contributed by atoms with van der Waals surface area (Å²) < 4.78 is 5.69. The molecular weight excluding hydrogens is 298 g/mol. The number of benzene rings is 2. The first-order valence-corrected chi connectivity index (χ1v) is 7.79. The van der Waals surface area contributed by atoms with E-state index in [1.54, 1.807) is 6.07 Å². The molecule has 3 nitrogen and oxygen atoms in total. The predicted octanol–water partition coefficient (Wildman–Crippen LogP) is 3.56. The van der Waals surface area contributed by atoms with Crippen molar-refractivity contribution in [2.45, 2.75) is 25.4 Å². The fourth-order valence-electron chi connectivity index (χ4n) is 2.63. The molecule has 0 saturated heterocycles. The van der Waals surface area contributed by atoms with Gasteiger partial charge in [-0.15, -0.1) is 0 Å². The summed E-state index contributed by atoms with van der Waals surface area (Å²) >= 11 is 5.97. The molecule has 0 bridgehead atoms. The van der Waals surface area contributed by atoms with Crippen LogP contribution in [0.3, 0.4) is 0 Å². The molecule has 0 saturated carbocycles. The lowest BCUT2D eigenvalue weighted by Crippen LogP contribution is -2.39. The van der Waals surface area contributed by atoms with Crippen LogP contribution in [0.1, 0.15) is 24.0 Å². The maximum absolute atomic E-state index is 12.3. The van der Waals surface area contributed by atoms with E-state index in [2.05, 4.69) is 24.4 Å². The third kappa shape index (κ3) is 3.25. The summed E-state index contributed by atoms with van der Waals surface area (Å²) in [6.45, 7) is 2.69. The number of fused-ring (bicyclic) bond motifs is 1. The van der Waals surface area contributed by atoms with Gasteiger partial charge in [-0.3, -0.25) is 4.79 Å². The van der Waals surface area contributed by atoms with Crippen LogP contribution in [0.25, 0.3) is 0 Å². The van der Waals surface area contributed by atoms with Crippen LogP contribution in [0, 0.1) is 0 Å². The molecule has 1 aliphatic rings. The molecular formula is C18H18ClNO2. The zero-order chi connectivity index (χ0) is 15.5. The van der Waals surface area contributed by atoms with Gasteiger partial charge in [0, 0.05) is 18.0 Å². The quantitative estimate of drug-likeness (QED) is 0.937. The number of rotatable bonds is 4. The number of carbonyl (C=O) groups excluding carboxylic acids is 1. The van der Waals surface area contributed by atoms with E-state index in [4.69, 9.17) is 16.3 Å². The van der Waals surface area contributed by atoms with E-state index in [-0.39, 0.29) is 11.8 Å². The number of amides is 1. The fourth-order valence-corrected chi connectivity index (χ4v) is 2.83. The van der Waals surface area contributed by atoms with Gasteiger partial charge < -0.3 is 10.1 Å². The zero-order valence-electron chi connectivity index (χ0n) is 12.4. The molecule has 22 heavy (non-hydrogen) atoms. The summed E-state index contributed by atoms with van der Waals surface area (Å²) in [4.78, 5) is 12.3. The molecule has 0 fully saturated rings. The number of halogens is 1. The van der Waals surface area contributed by atoms with Crippen LogP contribution in [0.15, 0.2) is 48.5 Å². The maximum Gasteiger partial charge on any atom is 0.261 e. The van der Waals surface area contributed by atoms with Crippen LogP contribution < -0.4 is 10.1 Å². The van der Waals surface area contributed by atoms with Gasteiger partial charge in [0.1, 0.15) is 5.75 Å². The summed E-state index contributed by atoms with van der Waals surface area (Å²) in [5.41, 5.74) is 2.20. The van der Waals surface area contributed by atoms with E-state index in [0.717, 1.165) is 11.3 Å². The minimum atomic E-state index is -0.462. The van der Waals surface area contributed by atoms with Crippen molar-refractivity contribution >= 4 is 17.5 Å². The second-order valence-electron chi connectivity index (χ2n) is 5.62. The molecule has 114 valence electrons. The summed E-state index contributed by atoms with van der Waals surface area (Å²) in [6, 6.07) is 15.6. The second kappa shape index (κ2) is 6.41. The Hall–Kier alpha value is -2.00. The summed E-state index contributed by atoms with van der Waals surface area (Å²) in [5.74, 6) is 0.944. The lowest BCUT2D eigenvalue weighted by molar-refractivity contribution is -0.127. The second-order valence-corrected chi connectivity index (χ2v) is 6.06. The number of carbonyl (C=O) groups is 1. The first-order chi connectivity index (χ1) is 10.6. The Morgan fingerprint density at radius 1 is 1.32 bits per heavy atom. The van der Waals surface area contributed by atoms with E-state index in [1.807, 2.05) is 30.3 Å². The number of nitrogens with one attached hydrogen (secondary N) is 1. The molecule has 3 rings (SSSR count). The Balaban J connectivity index is 1.56. The van der Waals surface area contributed by atoms with E-state index < -0.39 is 6.10 Å². The number of ether oxygens (including phenoxy) is 1. The summed E-state index contributed by atoms with van der Waals surface area (Å²) in [6.07, 6.45) is 0.109. The molecule has 0 aliphatic carbocycles. The Morgan fingerprint density at radius 3 is 2.86 bits per heavy atom. The Kier molecular flexibility index (Phi) is 4.34. The average molecular weight is 316 g/mol. The van der Waals surface area contributed by atoms with Gasteiger partial charge >= 0.3 is 0 Å². The van der Waals surface area contributed by atoms with Crippen molar-refractivity contribution in [3.05, 3.63) is 64.7 Å².